The van der Waals surface area contributed by atoms with Crippen molar-refractivity contribution < 1.29 is 4.74 Å². The summed E-state index contributed by atoms with van der Waals surface area (Å²) in [5, 5.41) is 0. The van der Waals surface area contributed by atoms with Crippen molar-refractivity contribution in [3.63, 3.8) is 0 Å². The highest BCUT2D eigenvalue weighted by atomic mass is 16.5. The van der Waals surface area contributed by atoms with E-state index in [1.807, 2.05) is 24.1 Å². The molecule has 0 bridgehead atoms. The van der Waals surface area contributed by atoms with Gasteiger partial charge in [0, 0.05) is 32.9 Å². The van der Waals surface area contributed by atoms with Crippen LogP contribution in [-0.2, 0) is 11.8 Å². The smallest absolute Gasteiger partial charge is 0.0946 e. The lowest BCUT2D eigenvalue weighted by molar-refractivity contribution is -0.188. The van der Waals surface area contributed by atoms with Crippen LogP contribution >= 0.6 is 0 Å². The fraction of sp³-hybridized carbons (Fsp3) is 0.786. The molecule has 0 spiro atoms. The Morgan fingerprint density at radius 3 is 2.32 bits per heavy atom. The number of hydrogen-bond acceptors (Lipinski definition) is 4. The lowest BCUT2D eigenvalue weighted by atomic mass is 9.96. The number of morpholine rings is 1. The van der Waals surface area contributed by atoms with Crippen molar-refractivity contribution in [2.75, 3.05) is 19.6 Å². The van der Waals surface area contributed by atoms with Crippen molar-refractivity contribution in [2.45, 2.75) is 44.9 Å². The summed E-state index contributed by atoms with van der Waals surface area (Å²) in [5.74, 6) is 0. The van der Waals surface area contributed by atoms with Gasteiger partial charge in [-0.3, -0.25) is 4.90 Å². The molecule has 0 amide bonds. The first-order valence-electron chi connectivity index (χ1n) is 6.85. The number of imidazole rings is 1. The third-order valence-corrected chi connectivity index (χ3v) is 3.58. The quantitative estimate of drug-likeness (QED) is 0.896. The Hall–Kier alpha value is -0.910. The Morgan fingerprint density at radius 2 is 1.89 bits per heavy atom. The van der Waals surface area contributed by atoms with E-state index in [9.17, 15) is 0 Å². The van der Waals surface area contributed by atoms with Crippen LogP contribution in [0, 0.1) is 0 Å². The van der Waals surface area contributed by atoms with Crippen molar-refractivity contribution in [3.8, 4) is 0 Å². The second-order valence-corrected chi connectivity index (χ2v) is 6.71. The van der Waals surface area contributed by atoms with Crippen molar-refractivity contribution in [2.24, 2.45) is 12.8 Å². The summed E-state index contributed by atoms with van der Waals surface area (Å²) in [7, 11) is 2.02. The SMILES string of the molecule is Cn1cncc1C(CN)N1CC(C)(C)OC(C)(C)C1. The second-order valence-electron chi connectivity index (χ2n) is 6.71. The van der Waals surface area contributed by atoms with Gasteiger partial charge in [0.2, 0.25) is 0 Å². The molecule has 0 aliphatic carbocycles. The molecular formula is C14H26N4O. The number of ether oxygens (including phenoxy) is 1. The van der Waals surface area contributed by atoms with E-state index in [2.05, 4.69) is 37.6 Å². The zero-order valence-electron chi connectivity index (χ0n) is 12.7. The fourth-order valence-electron chi connectivity index (χ4n) is 3.21. The van der Waals surface area contributed by atoms with Crippen LogP contribution in [0.3, 0.4) is 0 Å². The molecule has 5 nitrogen and oxygen atoms in total. The molecule has 2 N–H and O–H groups in total. The van der Waals surface area contributed by atoms with Crippen molar-refractivity contribution in [1.29, 1.82) is 0 Å². The average molecular weight is 266 g/mol. The van der Waals surface area contributed by atoms with Crippen LogP contribution in [0.15, 0.2) is 12.5 Å². The minimum absolute atomic E-state index is 0.159. The largest absolute Gasteiger partial charge is 0.367 e. The van der Waals surface area contributed by atoms with Gasteiger partial charge in [-0.15, -0.1) is 0 Å². The lowest BCUT2D eigenvalue weighted by Crippen LogP contribution is -2.58. The molecular weight excluding hydrogens is 240 g/mol. The van der Waals surface area contributed by atoms with Crippen LogP contribution in [0.2, 0.25) is 0 Å². The summed E-state index contributed by atoms with van der Waals surface area (Å²) < 4.78 is 8.18. The van der Waals surface area contributed by atoms with Crippen LogP contribution < -0.4 is 5.73 Å². The first-order valence-corrected chi connectivity index (χ1v) is 6.85. The van der Waals surface area contributed by atoms with E-state index in [1.165, 1.54) is 0 Å². The maximum atomic E-state index is 6.13. The van der Waals surface area contributed by atoms with Crippen molar-refractivity contribution in [1.82, 2.24) is 14.5 Å². The van der Waals surface area contributed by atoms with Gasteiger partial charge in [-0.1, -0.05) is 0 Å². The Kier molecular flexibility index (Phi) is 3.73. The fourth-order valence-corrected chi connectivity index (χ4v) is 3.21. The Balaban J connectivity index is 2.26. The monoisotopic (exact) mass is 266 g/mol. The standard InChI is InChI=1S/C14H26N4O/c1-13(2)8-18(9-14(3,4)19-13)11(6-15)12-7-16-10-17(12)5/h7,10-11H,6,8-9,15H2,1-5H3. The predicted octanol–water partition coefficient (Wildman–Crippen LogP) is 1.31. The van der Waals surface area contributed by atoms with E-state index in [1.54, 1.807) is 0 Å². The zero-order valence-corrected chi connectivity index (χ0v) is 12.7. The minimum atomic E-state index is -0.159. The van der Waals surface area contributed by atoms with Crippen molar-refractivity contribution in [3.05, 3.63) is 18.2 Å². The van der Waals surface area contributed by atoms with E-state index in [4.69, 9.17) is 10.5 Å². The molecule has 1 aromatic rings. The minimum Gasteiger partial charge on any atom is -0.367 e. The third-order valence-electron chi connectivity index (χ3n) is 3.58. The lowest BCUT2D eigenvalue weighted by Gasteiger charge is -2.49. The molecule has 108 valence electrons. The Bertz CT molecular complexity index is 422. The molecule has 2 heterocycles. The number of rotatable bonds is 3. The second kappa shape index (κ2) is 4.89. The van der Waals surface area contributed by atoms with Crippen molar-refractivity contribution >= 4 is 0 Å². The van der Waals surface area contributed by atoms with Gasteiger partial charge < -0.3 is 15.0 Å². The summed E-state index contributed by atoms with van der Waals surface area (Å²) in [6.07, 6.45) is 3.74. The van der Waals surface area contributed by atoms with Gasteiger partial charge in [-0.05, 0) is 27.7 Å². The average Bonchev–Trinajstić information content (AvgIpc) is 2.61. The molecule has 5 heteroatoms. The zero-order chi connectivity index (χ0) is 14.3. The molecule has 1 fully saturated rings. The summed E-state index contributed by atoms with van der Waals surface area (Å²) in [4.78, 5) is 6.62. The van der Waals surface area contributed by atoms with Gasteiger partial charge in [0.25, 0.3) is 0 Å². The normalized spacial score (nSPS) is 24.3. The number of nitrogens with zero attached hydrogens (tertiary/aromatic N) is 3. The highest BCUT2D eigenvalue weighted by Gasteiger charge is 2.40. The van der Waals surface area contributed by atoms with E-state index in [0.29, 0.717) is 6.54 Å². The van der Waals surface area contributed by atoms with E-state index in [0.717, 1.165) is 18.8 Å². The maximum absolute atomic E-state index is 6.13. The maximum Gasteiger partial charge on any atom is 0.0946 e. The first-order chi connectivity index (χ1) is 8.74. The predicted molar refractivity (Wildman–Crippen MR) is 75.8 cm³/mol. The molecule has 0 radical (unpaired) electrons. The molecule has 0 aromatic carbocycles. The van der Waals surface area contributed by atoms with E-state index in [-0.39, 0.29) is 17.2 Å². The Morgan fingerprint density at radius 1 is 1.32 bits per heavy atom. The van der Waals surface area contributed by atoms with E-state index >= 15 is 0 Å². The topological polar surface area (TPSA) is 56.3 Å². The summed E-state index contributed by atoms with van der Waals surface area (Å²) >= 11 is 0. The molecule has 1 saturated heterocycles. The Labute approximate surface area is 115 Å². The number of hydrogen-bond donors (Lipinski definition) is 1. The molecule has 1 atom stereocenters. The highest BCUT2D eigenvalue weighted by Crippen LogP contribution is 2.32. The molecule has 19 heavy (non-hydrogen) atoms. The summed E-state index contributed by atoms with van der Waals surface area (Å²) in [6, 6.07) is 0.190. The number of aryl methyl sites for hydroxylation is 1. The van der Waals surface area contributed by atoms with Gasteiger partial charge in [0.05, 0.1) is 29.3 Å². The molecule has 2 rings (SSSR count). The first kappa shape index (κ1) is 14.5. The van der Waals surface area contributed by atoms with Gasteiger partial charge in [0.1, 0.15) is 0 Å². The number of nitrogens with two attached hydrogens (primary N) is 1. The molecule has 1 unspecified atom stereocenters. The van der Waals surface area contributed by atoms with Crippen LogP contribution in [0.5, 0.6) is 0 Å². The van der Waals surface area contributed by atoms with Crippen LogP contribution in [0.4, 0.5) is 0 Å². The van der Waals surface area contributed by atoms with Crippen LogP contribution in [0.25, 0.3) is 0 Å². The van der Waals surface area contributed by atoms with Gasteiger partial charge in [0.15, 0.2) is 0 Å². The summed E-state index contributed by atoms with van der Waals surface area (Å²) in [5.41, 5.74) is 6.86. The van der Waals surface area contributed by atoms with Gasteiger partial charge >= 0.3 is 0 Å². The highest BCUT2D eigenvalue weighted by molar-refractivity contribution is 5.08. The molecule has 1 aromatic heterocycles. The van der Waals surface area contributed by atoms with Crippen LogP contribution in [0.1, 0.15) is 39.4 Å². The number of aromatic nitrogens is 2. The van der Waals surface area contributed by atoms with Gasteiger partial charge in [-0.25, -0.2) is 4.98 Å². The van der Waals surface area contributed by atoms with Crippen LogP contribution in [-0.4, -0.2) is 45.3 Å². The third kappa shape index (κ3) is 3.16. The molecule has 0 saturated carbocycles. The molecule has 1 aliphatic rings. The molecule has 1 aliphatic heterocycles. The van der Waals surface area contributed by atoms with E-state index < -0.39 is 0 Å². The summed E-state index contributed by atoms with van der Waals surface area (Å²) in [6.45, 7) is 10.9. The van der Waals surface area contributed by atoms with Gasteiger partial charge in [-0.2, -0.15) is 0 Å².